The Kier molecular flexibility index (Phi) is 5.47. The van der Waals surface area contributed by atoms with E-state index in [1.165, 1.54) is 17.8 Å². The number of halogens is 1. The van der Waals surface area contributed by atoms with E-state index >= 15 is 0 Å². The van der Waals surface area contributed by atoms with E-state index in [9.17, 15) is 10.1 Å². The fourth-order valence-electron chi connectivity index (χ4n) is 3.27. The molecule has 0 spiro atoms. The zero-order chi connectivity index (χ0) is 20.4. The van der Waals surface area contributed by atoms with Gasteiger partial charge in [-0.2, -0.15) is 0 Å². The molecule has 0 fully saturated rings. The van der Waals surface area contributed by atoms with Crippen LogP contribution in [0.15, 0.2) is 82.7 Å². The van der Waals surface area contributed by atoms with Gasteiger partial charge in [-0.25, -0.2) is 0 Å². The number of hydrogen-bond acceptors (Lipinski definition) is 4. The molecule has 0 saturated carbocycles. The Hall–Kier alpha value is -2.96. The summed E-state index contributed by atoms with van der Waals surface area (Å²) in [6.45, 7) is 0.654. The largest absolute Gasteiger partial charge is 0.388 e. The van der Waals surface area contributed by atoms with Crippen molar-refractivity contribution in [2.24, 2.45) is 0 Å². The van der Waals surface area contributed by atoms with Gasteiger partial charge >= 0.3 is 0 Å². The fourth-order valence-corrected chi connectivity index (χ4v) is 4.58. The second-order valence-corrected chi connectivity index (χ2v) is 8.08. The minimum atomic E-state index is -0.341. The quantitative estimate of drug-likeness (QED) is 0.286. The first-order valence-electron chi connectivity index (χ1n) is 9.01. The molecule has 5 nitrogen and oxygen atoms in total. The van der Waals surface area contributed by atoms with Crippen molar-refractivity contribution in [2.45, 2.75) is 16.3 Å². The molecule has 0 unspecified atom stereocenters. The van der Waals surface area contributed by atoms with E-state index < -0.39 is 0 Å². The highest BCUT2D eigenvalue weighted by Gasteiger charge is 2.17. The summed E-state index contributed by atoms with van der Waals surface area (Å²) in [5, 5.41) is 16.3. The van der Waals surface area contributed by atoms with Crippen molar-refractivity contribution in [3.05, 3.63) is 93.6 Å². The van der Waals surface area contributed by atoms with E-state index in [1.807, 2.05) is 55.7 Å². The summed E-state index contributed by atoms with van der Waals surface area (Å²) >= 11 is 7.56. The molecule has 1 aromatic heterocycles. The minimum Gasteiger partial charge on any atom is -0.388 e. The second kappa shape index (κ2) is 8.19. The zero-order valence-corrected chi connectivity index (χ0v) is 17.2. The van der Waals surface area contributed by atoms with Crippen molar-refractivity contribution in [2.75, 3.05) is 12.4 Å². The molecule has 4 rings (SSSR count). The Morgan fingerprint density at radius 3 is 2.66 bits per heavy atom. The van der Waals surface area contributed by atoms with Crippen LogP contribution >= 0.6 is 23.4 Å². The molecule has 146 valence electrons. The maximum absolute atomic E-state index is 11.4. The molecule has 0 aliphatic heterocycles. The van der Waals surface area contributed by atoms with Gasteiger partial charge in [0.2, 0.25) is 0 Å². The number of nitrogens with zero attached hydrogens (tertiary/aromatic N) is 2. The molecule has 0 saturated heterocycles. The van der Waals surface area contributed by atoms with Gasteiger partial charge in [-0.3, -0.25) is 10.1 Å². The third-order valence-corrected chi connectivity index (χ3v) is 6.00. The number of rotatable bonds is 6. The molecule has 0 aliphatic rings. The zero-order valence-electron chi connectivity index (χ0n) is 15.6. The van der Waals surface area contributed by atoms with Gasteiger partial charge in [0.25, 0.3) is 5.69 Å². The van der Waals surface area contributed by atoms with Crippen LogP contribution in [0.2, 0.25) is 5.02 Å². The molecule has 0 atom stereocenters. The number of aromatic nitrogens is 1. The maximum Gasteiger partial charge on any atom is 0.283 e. The highest BCUT2D eigenvalue weighted by atomic mass is 35.5. The third-order valence-electron chi connectivity index (χ3n) is 4.66. The molecule has 0 bridgehead atoms. The van der Waals surface area contributed by atoms with Crippen molar-refractivity contribution in [1.82, 2.24) is 4.57 Å². The van der Waals surface area contributed by atoms with Crippen LogP contribution in [0, 0.1) is 10.1 Å². The normalized spacial score (nSPS) is 11.0. The van der Waals surface area contributed by atoms with Crippen LogP contribution in [0.3, 0.4) is 0 Å². The van der Waals surface area contributed by atoms with Crippen LogP contribution < -0.4 is 5.32 Å². The lowest BCUT2D eigenvalue weighted by Crippen LogP contribution is -1.98. The first-order valence-corrected chi connectivity index (χ1v) is 10.2. The average molecular weight is 424 g/mol. The van der Waals surface area contributed by atoms with E-state index in [0.717, 1.165) is 27.0 Å². The Balaban J connectivity index is 1.80. The van der Waals surface area contributed by atoms with E-state index in [1.54, 1.807) is 12.1 Å². The standard InChI is InChI=1S/C22H18ClN3O2S/c1-24-17-9-10-18-20(12-17)25(13-15-5-4-6-16(23)11-15)14-22(18)29-21-8-3-2-7-19(21)26(27)28/h2-12,14,24H,13H2,1H3. The predicted octanol–water partition coefficient (Wildman–Crippen LogP) is 6.44. The van der Waals surface area contributed by atoms with Gasteiger partial charge < -0.3 is 9.88 Å². The number of nitro benzene ring substituents is 1. The number of nitrogens with one attached hydrogen (secondary N) is 1. The molecular weight excluding hydrogens is 406 g/mol. The van der Waals surface area contributed by atoms with Crippen molar-refractivity contribution >= 4 is 45.6 Å². The molecule has 7 heteroatoms. The van der Waals surface area contributed by atoms with Crippen LogP contribution in [-0.2, 0) is 6.54 Å². The minimum absolute atomic E-state index is 0.111. The Morgan fingerprint density at radius 1 is 1.07 bits per heavy atom. The van der Waals surface area contributed by atoms with Crippen molar-refractivity contribution in [3.8, 4) is 0 Å². The second-order valence-electron chi connectivity index (χ2n) is 6.56. The summed E-state index contributed by atoms with van der Waals surface area (Å²) in [4.78, 5) is 12.7. The smallest absolute Gasteiger partial charge is 0.283 e. The number of para-hydroxylation sites is 1. The predicted molar refractivity (Wildman–Crippen MR) is 119 cm³/mol. The molecule has 0 aliphatic carbocycles. The van der Waals surface area contributed by atoms with E-state index in [4.69, 9.17) is 11.6 Å². The van der Waals surface area contributed by atoms with Gasteiger partial charge in [-0.15, -0.1) is 0 Å². The summed E-state index contributed by atoms with van der Waals surface area (Å²) in [6.07, 6.45) is 2.05. The SMILES string of the molecule is CNc1ccc2c(Sc3ccccc3[N+](=O)[O-])cn(Cc3cccc(Cl)c3)c2c1. The van der Waals surface area contributed by atoms with Crippen LogP contribution in [0.4, 0.5) is 11.4 Å². The van der Waals surface area contributed by atoms with Gasteiger partial charge in [0, 0.05) is 46.8 Å². The van der Waals surface area contributed by atoms with Gasteiger partial charge in [0.1, 0.15) is 0 Å². The number of fused-ring (bicyclic) bond motifs is 1. The summed E-state index contributed by atoms with van der Waals surface area (Å²) in [5.41, 5.74) is 3.26. The Labute approximate surface area is 177 Å². The van der Waals surface area contributed by atoms with Crippen molar-refractivity contribution in [1.29, 1.82) is 0 Å². The van der Waals surface area contributed by atoms with E-state index in [-0.39, 0.29) is 10.6 Å². The molecular formula is C22H18ClN3O2S. The monoisotopic (exact) mass is 423 g/mol. The van der Waals surface area contributed by atoms with E-state index in [0.29, 0.717) is 16.5 Å². The van der Waals surface area contributed by atoms with Crippen LogP contribution in [-0.4, -0.2) is 16.5 Å². The highest BCUT2D eigenvalue weighted by molar-refractivity contribution is 7.99. The summed E-state index contributed by atoms with van der Waals surface area (Å²) in [7, 11) is 1.88. The van der Waals surface area contributed by atoms with Gasteiger partial charge in [-0.1, -0.05) is 47.6 Å². The maximum atomic E-state index is 11.4. The summed E-state index contributed by atoms with van der Waals surface area (Å²) < 4.78 is 2.15. The number of nitro groups is 1. The summed E-state index contributed by atoms with van der Waals surface area (Å²) in [6, 6.07) is 20.7. The molecule has 1 heterocycles. The Bertz CT molecular complexity index is 1210. The van der Waals surface area contributed by atoms with Crippen LogP contribution in [0.25, 0.3) is 10.9 Å². The van der Waals surface area contributed by atoms with Crippen molar-refractivity contribution < 1.29 is 4.92 Å². The topological polar surface area (TPSA) is 60.1 Å². The molecule has 29 heavy (non-hydrogen) atoms. The number of benzene rings is 3. The molecule has 4 aromatic rings. The number of hydrogen-bond donors (Lipinski definition) is 1. The molecule has 0 radical (unpaired) electrons. The van der Waals surface area contributed by atoms with Gasteiger partial charge in [0.05, 0.1) is 15.3 Å². The van der Waals surface area contributed by atoms with Crippen LogP contribution in [0.1, 0.15) is 5.56 Å². The molecule has 1 N–H and O–H groups in total. The molecule has 0 amide bonds. The summed E-state index contributed by atoms with van der Waals surface area (Å²) in [5.74, 6) is 0. The fraction of sp³-hybridized carbons (Fsp3) is 0.0909. The lowest BCUT2D eigenvalue weighted by atomic mass is 10.2. The van der Waals surface area contributed by atoms with Crippen molar-refractivity contribution in [3.63, 3.8) is 0 Å². The first-order chi connectivity index (χ1) is 14.0. The third kappa shape index (κ3) is 4.09. The Morgan fingerprint density at radius 2 is 1.90 bits per heavy atom. The van der Waals surface area contributed by atoms with Gasteiger partial charge in [0.15, 0.2) is 0 Å². The highest BCUT2D eigenvalue weighted by Crippen LogP contribution is 2.40. The number of anilines is 1. The average Bonchev–Trinajstić information content (AvgIpc) is 3.04. The van der Waals surface area contributed by atoms with Gasteiger partial charge in [-0.05, 0) is 42.0 Å². The lowest BCUT2D eigenvalue weighted by Gasteiger charge is -2.07. The van der Waals surface area contributed by atoms with E-state index in [2.05, 4.69) is 16.0 Å². The van der Waals surface area contributed by atoms with Crippen LogP contribution in [0.5, 0.6) is 0 Å². The lowest BCUT2D eigenvalue weighted by molar-refractivity contribution is -0.387. The molecule has 3 aromatic carbocycles. The first kappa shape index (κ1) is 19.4.